The van der Waals surface area contributed by atoms with Crippen molar-refractivity contribution >= 4 is 75.1 Å². The van der Waals surface area contributed by atoms with Gasteiger partial charge in [0.05, 0.1) is 10.7 Å². The van der Waals surface area contributed by atoms with Crippen LogP contribution in [-0.2, 0) is 11.4 Å². The minimum Gasteiger partial charge on any atom is -0.493 e. The van der Waals surface area contributed by atoms with Gasteiger partial charge in [0.1, 0.15) is 12.3 Å². The summed E-state index contributed by atoms with van der Waals surface area (Å²) in [4.78, 5) is 13.9. The number of methoxy groups -OCH3 is 1. The number of nitrogens with one attached hydrogen (secondary N) is 1. The maximum Gasteiger partial charge on any atom is 0.276 e. The van der Waals surface area contributed by atoms with E-state index >= 15 is 0 Å². The van der Waals surface area contributed by atoms with E-state index in [0.717, 1.165) is 14.7 Å². The van der Waals surface area contributed by atoms with Gasteiger partial charge in [0.2, 0.25) is 0 Å². The van der Waals surface area contributed by atoms with Crippen LogP contribution in [0.15, 0.2) is 36.0 Å². The highest BCUT2D eigenvalue weighted by atomic mass is 127. The fourth-order valence-corrected chi connectivity index (χ4v) is 4.34. The summed E-state index contributed by atoms with van der Waals surface area (Å²) in [7, 11) is 1.57. The number of hydrogen-bond acceptors (Lipinski definition) is 4. The molecule has 1 fully saturated rings. The fraction of sp³-hybridized carbons (Fsp3) is 0.200. The summed E-state index contributed by atoms with van der Waals surface area (Å²) in [6.07, 6.45) is 1.74. The summed E-state index contributed by atoms with van der Waals surface area (Å²) >= 11 is 19.5. The van der Waals surface area contributed by atoms with Crippen molar-refractivity contribution in [3.63, 3.8) is 0 Å². The van der Waals surface area contributed by atoms with E-state index in [0.29, 0.717) is 38.9 Å². The number of hydrogen-bond donors (Lipinski definition) is 1. The molecule has 0 aliphatic carbocycles. The molecule has 0 unspecified atom stereocenters. The molecule has 0 bridgehead atoms. The van der Waals surface area contributed by atoms with Gasteiger partial charge in [-0.3, -0.25) is 9.69 Å². The Bertz CT molecular complexity index is 1010. The van der Waals surface area contributed by atoms with Crippen molar-refractivity contribution in [2.75, 3.05) is 13.7 Å². The SMILES string of the molecule is CCN1C(=O)/C(=C/c2cc(I)c(OCc3ccc(Cl)cc3Cl)c(OC)c2)NC1=S. The summed E-state index contributed by atoms with van der Waals surface area (Å²) < 4.78 is 12.3. The van der Waals surface area contributed by atoms with E-state index in [9.17, 15) is 4.79 Å². The van der Waals surface area contributed by atoms with Crippen LogP contribution in [0, 0.1) is 3.57 Å². The highest BCUT2D eigenvalue weighted by Crippen LogP contribution is 2.36. The lowest BCUT2D eigenvalue weighted by Gasteiger charge is -2.14. The van der Waals surface area contributed by atoms with Gasteiger partial charge in [-0.2, -0.15) is 0 Å². The van der Waals surface area contributed by atoms with Crippen LogP contribution in [0.1, 0.15) is 18.1 Å². The second kappa shape index (κ2) is 9.51. The predicted molar refractivity (Wildman–Crippen MR) is 128 cm³/mol. The maximum atomic E-state index is 12.4. The van der Waals surface area contributed by atoms with Gasteiger partial charge in [-0.1, -0.05) is 29.3 Å². The highest BCUT2D eigenvalue weighted by Gasteiger charge is 2.29. The molecule has 29 heavy (non-hydrogen) atoms. The van der Waals surface area contributed by atoms with Crippen molar-refractivity contribution in [1.29, 1.82) is 0 Å². The van der Waals surface area contributed by atoms with Gasteiger partial charge in [0, 0.05) is 22.2 Å². The molecule has 0 radical (unpaired) electrons. The van der Waals surface area contributed by atoms with Crippen LogP contribution in [0.2, 0.25) is 10.0 Å². The first-order chi connectivity index (χ1) is 13.8. The fourth-order valence-electron chi connectivity index (χ4n) is 2.78. The third kappa shape index (κ3) is 4.96. The van der Waals surface area contributed by atoms with Gasteiger partial charge < -0.3 is 14.8 Å². The lowest BCUT2D eigenvalue weighted by molar-refractivity contribution is -0.122. The van der Waals surface area contributed by atoms with Crippen LogP contribution in [0.25, 0.3) is 6.08 Å². The second-order valence-corrected chi connectivity index (χ2v) is 8.49. The molecule has 9 heteroatoms. The number of likely N-dealkylation sites (N-methyl/N-ethyl adjacent to an activating group) is 1. The Labute approximate surface area is 198 Å². The molecule has 0 aromatic heterocycles. The lowest BCUT2D eigenvalue weighted by Crippen LogP contribution is -2.30. The Morgan fingerprint density at radius 3 is 2.66 bits per heavy atom. The van der Waals surface area contributed by atoms with Crippen molar-refractivity contribution in [2.45, 2.75) is 13.5 Å². The Morgan fingerprint density at radius 2 is 2.03 bits per heavy atom. The van der Waals surface area contributed by atoms with Crippen molar-refractivity contribution in [2.24, 2.45) is 0 Å². The molecular weight excluding hydrogens is 546 g/mol. The largest absolute Gasteiger partial charge is 0.493 e. The summed E-state index contributed by atoms with van der Waals surface area (Å²) in [5.41, 5.74) is 2.03. The van der Waals surface area contributed by atoms with Crippen molar-refractivity contribution in [3.05, 3.63) is 60.8 Å². The molecule has 1 aliphatic rings. The topological polar surface area (TPSA) is 50.8 Å². The van der Waals surface area contributed by atoms with E-state index in [1.165, 1.54) is 4.90 Å². The number of benzene rings is 2. The van der Waals surface area contributed by atoms with E-state index in [1.54, 1.807) is 31.4 Å². The highest BCUT2D eigenvalue weighted by molar-refractivity contribution is 14.1. The number of thiocarbonyl (C=S) groups is 1. The zero-order chi connectivity index (χ0) is 21.1. The Morgan fingerprint density at radius 1 is 1.28 bits per heavy atom. The first-order valence-electron chi connectivity index (χ1n) is 8.62. The second-order valence-electron chi connectivity index (χ2n) is 6.10. The van der Waals surface area contributed by atoms with Crippen LogP contribution in [-0.4, -0.2) is 29.6 Å². The number of amides is 1. The summed E-state index contributed by atoms with van der Waals surface area (Å²) in [6.45, 7) is 2.66. The van der Waals surface area contributed by atoms with E-state index < -0.39 is 0 Å². The zero-order valence-electron chi connectivity index (χ0n) is 15.6. The van der Waals surface area contributed by atoms with Gasteiger partial charge in [-0.05, 0) is 77.6 Å². The number of rotatable bonds is 6. The number of nitrogens with zero attached hydrogens (tertiary/aromatic N) is 1. The molecule has 0 atom stereocenters. The van der Waals surface area contributed by atoms with E-state index in [4.69, 9.17) is 44.9 Å². The Hall–Kier alpha value is -1.55. The van der Waals surface area contributed by atoms with Crippen LogP contribution >= 0.6 is 58.0 Å². The molecule has 1 amide bonds. The molecule has 0 saturated carbocycles. The molecule has 2 aromatic carbocycles. The monoisotopic (exact) mass is 562 g/mol. The quantitative estimate of drug-likeness (QED) is 0.295. The van der Waals surface area contributed by atoms with E-state index in [2.05, 4.69) is 27.9 Å². The van der Waals surface area contributed by atoms with Gasteiger partial charge >= 0.3 is 0 Å². The minimum absolute atomic E-state index is 0.149. The van der Waals surface area contributed by atoms with Crippen LogP contribution in [0.4, 0.5) is 0 Å². The van der Waals surface area contributed by atoms with Gasteiger partial charge in [-0.25, -0.2) is 0 Å². The third-order valence-corrected chi connectivity index (χ3v) is 5.94. The predicted octanol–water partition coefficient (Wildman–Crippen LogP) is 5.26. The zero-order valence-corrected chi connectivity index (χ0v) is 20.1. The first-order valence-corrected chi connectivity index (χ1v) is 10.9. The van der Waals surface area contributed by atoms with Gasteiger partial charge in [0.15, 0.2) is 16.6 Å². The Kier molecular flexibility index (Phi) is 7.26. The molecule has 0 spiro atoms. The van der Waals surface area contributed by atoms with Crippen molar-refractivity contribution in [3.8, 4) is 11.5 Å². The maximum absolute atomic E-state index is 12.4. The van der Waals surface area contributed by atoms with Crippen LogP contribution in [0.5, 0.6) is 11.5 Å². The van der Waals surface area contributed by atoms with Gasteiger partial charge in [-0.15, -0.1) is 0 Å². The minimum atomic E-state index is -0.149. The molecule has 5 nitrogen and oxygen atoms in total. The number of halogens is 3. The molecule has 1 N–H and O–H groups in total. The molecule has 1 aliphatic heterocycles. The third-order valence-electron chi connectivity index (χ3n) is 4.23. The molecule has 1 heterocycles. The smallest absolute Gasteiger partial charge is 0.276 e. The van der Waals surface area contributed by atoms with E-state index in [-0.39, 0.29) is 12.5 Å². The molecule has 2 aromatic rings. The molecule has 1 saturated heterocycles. The lowest BCUT2D eigenvalue weighted by atomic mass is 10.1. The summed E-state index contributed by atoms with van der Waals surface area (Å²) in [5, 5.41) is 4.46. The van der Waals surface area contributed by atoms with Gasteiger partial charge in [0.25, 0.3) is 5.91 Å². The summed E-state index contributed by atoms with van der Waals surface area (Å²) in [5.74, 6) is 0.996. The van der Waals surface area contributed by atoms with Crippen LogP contribution < -0.4 is 14.8 Å². The standard InChI is InChI=1S/C20H17Cl2IN2O3S/c1-3-25-19(26)16(24-20(25)29)7-11-6-15(23)18(17(8-11)27-2)28-10-12-4-5-13(21)9-14(12)22/h4-9H,3,10H2,1-2H3,(H,24,29)/b16-7-. The average Bonchev–Trinajstić information content (AvgIpc) is 2.94. The normalized spacial score (nSPS) is 15.1. The molecule has 3 rings (SSSR count). The average molecular weight is 563 g/mol. The molecular formula is C20H17Cl2IN2O3S. The van der Waals surface area contributed by atoms with Crippen molar-refractivity contribution in [1.82, 2.24) is 10.2 Å². The number of carbonyl (C=O) groups excluding carboxylic acids is 1. The van der Waals surface area contributed by atoms with E-state index in [1.807, 2.05) is 19.1 Å². The Balaban J connectivity index is 1.85. The summed E-state index contributed by atoms with van der Waals surface area (Å²) in [6, 6.07) is 8.97. The van der Waals surface area contributed by atoms with Crippen molar-refractivity contribution < 1.29 is 14.3 Å². The molecule has 152 valence electrons. The van der Waals surface area contributed by atoms with Crippen LogP contribution in [0.3, 0.4) is 0 Å². The first kappa shape index (κ1) is 22.1. The number of carbonyl (C=O) groups is 1. The number of ether oxygens (including phenoxy) is 2.